The Kier molecular flexibility index (Phi) is 7.36. The van der Waals surface area contributed by atoms with Crippen molar-refractivity contribution in [3.8, 4) is 0 Å². The van der Waals surface area contributed by atoms with Gasteiger partial charge in [0, 0.05) is 43.5 Å². The molecule has 0 radical (unpaired) electrons. The van der Waals surface area contributed by atoms with Crippen LogP contribution in [-0.4, -0.2) is 64.1 Å². The fourth-order valence-electron chi connectivity index (χ4n) is 4.65. The zero-order valence-electron chi connectivity index (χ0n) is 19.4. The highest BCUT2D eigenvalue weighted by Crippen LogP contribution is 2.30. The summed E-state index contributed by atoms with van der Waals surface area (Å²) < 4.78 is 33.2. The summed E-state index contributed by atoms with van der Waals surface area (Å²) in [5.74, 6) is -0.256. The first-order valence-electron chi connectivity index (χ1n) is 11.8. The van der Waals surface area contributed by atoms with E-state index in [0.29, 0.717) is 57.4 Å². The van der Waals surface area contributed by atoms with Crippen LogP contribution >= 0.6 is 0 Å². The molecular weight excluding hydrogens is 438 g/mol. The SMILES string of the molecule is CCc1ccc(C(=O)NCCN2c3ccccc3CC[C@@H]2C)cc1S(=O)(=O)N1CCOCC1. The maximum Gasteiger partial charge on any atom is 0.251 e. The summed E-state index contributed by atoms with van der Waals surface area (Å²) in [4.78, 5) is 15.5. The summed E-state index contributed by atoms with van der Waals surface area (Å²) in [5, 5.41) is 2.98. The summed E-state index contributed by atoms with van der Waals surface area (Å²) in [5.41, 5.74) is 3.66. The van der Waals surface area contributed by atoms with Crippen molar-refractivity contribution in [2.24, 2.45) is 0 Å². The van der Waals surface area contributed by atoms with Crippen LogP contribution < -0.4 is 10.2 Å². The van der Waals surface area contributed by atoms with E-state index in [0.717, 1.165) is 18.4 Å². The molecule has 1 atom stereocenters. The second kappa shape index (κ2) is 10.2. The normalized spacial score (nSPS) is 19.2. The van der Waals surface area contributed by atoms with Gasteiger partial charge < -0.3 is 15.0 Å². The molecule has 2 aliphatic heterocycles. The van der Waals surface area contributed by atoms with Gasteiger partial charge in [-0.15, -0.1) is 0 Å². The summed E-state index contributed by atoms with van der Waals surface area (Å²) in [7, 11) is -3.67. The largest absolute Gasteiger partial charge is 0.379 e. The second-order valence-corrected chi connectivity index (χ2v) is 10.6. The Balaban J connectivity index is 1.46. The average molecular weight is 472 g/mol. The number of anilines is 1. The second-order valence-electron chi connectivity index (χ2n) is 8.66. The Bertz CT molecular complexity index is 1100. The Labute approximate surface area is 196 Å². The molecule has 4 rings (SSSR count). The Hall–Kier alpha value is -2.42. The van der Waals surface area contributed by atoms with Crippen molar-refractivity contribution in [1.82, 2.24) is 9.62 Å². The summed E-state index contributed by atoms with van der Waals surface area (Å²) in [6.45, 7) is 6.76. The van der Waals surface area contributed by atoms with Gasteiger partial charge in [0.25, 0.3) is 5.91 Å². The molecule has 7 nitrogen and oxygen atoms in total. The van der Waals surface area contributed by atoms with Crippen LogP contribution in [0.15, 0.2) is 47.4 Å². The van der Waals surface area contributed by atoms with Crippen LogP contribution in [0.4, 0.5) is 5.69 Å². The lowest BCUT2D eigenvalue weighted by molar-refractivity contribution is 0.0730. The number of carbonyl (C=O) groups is 1. The van der Waals surface area contributed by atoms with E-state index in [4.69, 9.17) is 4.74 Å². The fraction of sp³-hybridized carbons (Fsp3) is 0.480. The number of rotatable bonds is 7. The third-order valence-corrected chi connectivity index (χ3v) is 8.58. The number of hydrogen-bond donors (Lipinski definition) is 1. The molecular formula is C25H33N3O4S. The molecule has 0 aliphatic carbocycles. The lowest BCUT2D eigenvalue weighted by atomic mass is 9.97. The molecule has 0 unspecified atom stereocenters. The van der Waals surface area contributed by atoms with Crippen LogP contribution in [0.1, 0.15) is 41.8 Å². The van der Waals surface area contributed by atoms with Gasteiger partial charge in [-0.2, -0.15) is 4.31 Å². The zero-order chi connectivity index (χ0) is 23.4. The molecule has 178 valence electrons. The first kappa shape index (κ1) is 23.7. The Morgan fingerprint density at radius 3 is 2.67 bits per heavy atom. The highest BCUT2D eigenvalue weighted by Gasteiger charge is 2.29. The lowest BCUT2D eigenvalue weighted by Crippen LogP contribution is -2.42. The number of fused-ring (bicyclic) bond motifs is 1. The number of benzene rings is 2. The predicted molar refractivity (Wildman–Crippen MR) is 129 cm³/mol. The molecule has 2 aromatic carbocycles. The minimum absolute atomic E-state index is 0.220. The number of nitrogens with zero attached hydrogens (tertiary/aromatic N) is 2. The van der Waals surface area contributed by atoms with Gasteiger partial charge in [0.05, 0.1) is 18.1 Å². The van der Waals surface area contributed by atoms with Crippen molar-refractivity contribution in [3.05, 3.63) is 59.2 Å². The monoisotopic (exact) mass is 471 g/mol. The molecule has 2 heterocycles. The first-order chi connectivity index (χ1) is 15.9. The van der Waals surface area contributed by atoms with Gasteiger partial charge in [0.2, 0.25) is 10.0 Å². The lowest BCUT2D eigenvalue weighted by Gasteiger charge is -2.37. The number of morpholine rings is 1. The number of carbonyl (C=O) groups excluding carboxylic acids is 1. The van der Waals surface area contributed by atoms with E-state index in [1.165, 1.54) is 21.6 Å². The summed E-state index contributed by atoms with van der Waals surface area (Å²) >= 11 is 0. The summed E-state index contributed by atoms with van der Waals surface area (Å²) in [6.07, 6.45) is 2.74. The van der Waals surface area contributed by atoms with Gasteiger partial charge >= 0.3 is 0 Å². The Morgan fingerprint density at radius 1 is 1.15 bits per heavy atom. The van der Waals surface area contributed by atoms with Crippen LogP contribution in [0.25, 0.3) is 0 Å². The summed E-state index contributed by atoms with van der Waals surface area (Å²) in [6, 6.07) is 13.8. The molecule has 0 spiro atoms. The van der Waals surface area contributed by atoms with E-state index in [9.17, 15) is 13.2 Å². The van der Waals surface area contributed by atoms with Gasteiger partial charge in [-0.1, -0.05) is 31.2 Å². The third kappa shape index (κ3) is 5.08. The van der Waals surface area contributed by atoms with Gasteiger partial charge in [-0.25, -0.2) is 8.42 Å². The van der Waals surface area contributed by atoms with Gasteiger partial charge in [0.1, 0.15) is 0 Å². The maximum atomic E-state index is 13.2. The van der Waals surface area contributed by atoms with Crippen LogP contribution in [0.5, 0.6) is 0 Å². The highest BCUT2D eigenvalue weighted by molar-refractivity contribution is 7.89. The van der Waals surface area contributed by atoms with Crippen molar-refractivity contribution >= 4 is 21.6 Å². The van der Waals surface area contributed by atoms with Crippen molar-refractivity contribution in [3.63, 3.8) is 0 Å². The van der Waals surface area contributed by atoms with Gasteiger partial charge in [0.15, 0.2) is 0 Å². The maximum absolute atomic E-state index is 13.2. The van der Waals surface area contributed by atoms with E-state index >= 15 is 0 Å². The standard InChI is InChI=1S/C25H33N3O4S/c1-3-20-10-11-22(18-24(20)33(30,31)27-14-16-32-17-15-27)25(29)26-12-13-28-19(2)8-9-21-6-4-5-7-23(21)28/h4-7,10-11,18-19H,3,8-9,12-17H2,1-2H3,(H,26,29)/t19-/m0/s1. The molecule has 0 aromatic heterocycles. The highest BCUT2D eigenvalue weighted by atomic mass is 32.2. The number of aryl methyl sites for hydroxylation is 2. The number of amides is 1. The minimum atomic E-state index is -3.67. The molecule has 33 heavy (non-hydrogen) atoms. The zero-order valence-corrected chi connectivity index (χ0v) is 20.2. The molecule has 1 N–H and O–H groups in total. The van der Waals surface area contributed by atoms with E-state index in [2.05, 4.69) is 35.3 Å². The average Bonchev–Trinajstić information content (AvgIpc) is 2.85. The fourth-order valence-corrected chi connectivity index (χ4v) is 6.37. The van der Waals surface area contributed by atoms with E-state index in [1.807, 2.05) is 13.0 Å². The topological polar surface area (TPSA) is 79.0 Å². The van der Waals surface area contributed by atoms with Crippen LogP contribution in [0.3, 0.4) is 0 Å². The van der Waals surface area contributed by atoms with Crippen LogP contribution in [-0.2, 0) is 27.6 Å². The van der Waals surface area contributed by atoms with Gasteiger partial charge in [-0.3, -0.25) is 4.79 Å². The van der Waals surface area contributed by atoms with Crippen LogP contribution in [0.2, 0.25) is 0 Å². The predicted octanol–water partition coefficient (Wildman–Crippen LogP) is 2.84. The molecule has 0 bridgehead atoms. The molecule has 1 fully saturated rings. The van der Waals surface area contributed by atoms with Crippen molar-refractivity contribution in [2.45, 2.75) is 44.0 Å². The quantitative estimate of drug-likeness (QED) is 0.672. The number of ether oxygens (including phenoxy) is 1. The first-order valence-corrected chi connectivity index (χ1v) is 13.2. The van der Waals surface area contributed by atoms with Gasteiger partial charge in [-0.05, 0) is 55.5 Å². The molecule has 0 saturated carbocycles. The van der Waals surface area contributed by atoms with E-state index < -0.39 is 10.0 Å². The minimum Gasteiger partial charge on any atom is -0.379 e. The number of sulfonamides is 1. The van der Waals surface area contributed by atoms with Crippen molar-refractivity contribution < 1.29 is 17.9 Å². The number of para-hydroxylation sites is 1. The molecule has 8 heteroatoms. The smallest absolute Gasteiger partial charge is 0.251 e. The van der Waals surface area contributed by atoms with Crippen LogP contribution in [0, 0.1) is 0 Å². The molecule has 1 amide bonds. The number of hydrogen-bond acceptors (Lipinski definition) is 5. The third-order valence-electron chi connectivity index (χ3n) is 6.60. The van der Waals surface area contributed by atoms with E-state index in [-0.39, 0.29) is 10.8 Å². The molecule has 2 aromatic rings. The molecule has 2 aliphatic rings. The van der Waals surface area contributed by atoms with E-state index in [1.54, 1.807) is 12.1 Å². The van der Waals surface area contributed by atoms with Crippen molar-refractivity contribution in [2.75, 3.05) is 44.3 Å². The number of nitrogens with one attached hydrogen (secondary N) is 1. The van der Waals surface area contributed by atoms with Crippen molar-refractivity contribution in [1.29, 1.82) is 0 Å². The Morgan fingerprint density at radius 2 is 1.91 bits per heavy atom. The molecule has 1 saturated heterocycles.